The summed E-state index contributed by atoms with van der Waals surface area (Å²) in [6.07, 6.45) is -0.767. The molecular weight excluding hydrogens is 434 g/mol. The minimum Gasteiger partial charge on any atom is -0.468 e. The number of amides is 3. The number of rotatable bonds is 8. The molecule has 32 heavy (non-hydrogen) atoms. The van der Waals surface area contributed by atoms with Crippen LogP contribution in [0.5, 0.6) is 0 Å². The molecule has 0 aliphatic carbocycles. The van der Waals surface area contributed by atoms with Crippen molar-refractivity contribution >= 4 is 36.5 Å². The molecule has 0 aliphatic heterocycles. The number of hydrogen-bond acceptors (Lipinski definition) is 7. The molecule has 1 rings (SSSR count). The summed E-state index contributed by atoms with van der Waals surface area (Å²) in [6.45, 7) is 8.47. The Bertz CT molecular complexity index is 853. The van der Waals surface area contributed by atoms with Gasteiger partial charge in [-0.25, -0.2) is 4.79 Å². The average Bonchev–Trinajstić information content (AvgIpc) is 2.70. The maximum absolute atomic E-state index is 13.2. The van der Waals surface area contributed by atoms with Crippen LogP contribution >= 0.6 is 12.6 Å². The molecular formula is C22H33N3O6S. The smallest absolute Gasteiger partial charge is 0.408 e. The lowest BCUT2D eigenvalue weighted by atomic mass is 9.96. The summed E-state index contributed by atoms with van der Waals surface area (Å²) in [6, 6.07) is 3.47. The molecule has 0 aliphatic rings. The second-order valence-electron chi connectivity index (χ2n) is 8.39. The standard InChI is InChI=1S/C22H33N3O6S/c1-13-8-9-14(2)15(10-13)18(19(27)23-11-17(26)30-7)25(6)20(28)16(12-32)24-21(29)31-22(3,4)5/h8-10,16,18,32H,11-12H2,1-7H3,(H,23,27)(H,24,29). The molecule has 0 fully saturated rings. The van der Waals surface area contributed by atoms with Crippen molar-refractivity contribution in [1.29, 1.82) is 0 Å². The number of carbonyl (C=O) groups is 4. The number of ether oxygens (including phenoxy) is 2. The van der Waals surface area contributed by atoms with E-state index in [2.05, 4.69) is 28.0 Å². The number of esters is 1. The van der Waals surface area contributed by atoms with E-state index in [9.17, 15) is 19.2 Å². The third kappa shape index (κ3) is 8.07. The largest absolute Gasteiger partial charge is 0.468 e. The first-order valence-electron chi connectivity index (χ1n) is 10.1. The maximum Gasteiger partial charge on any atom is 0.408 e. The predicted molar refractivity (Wildman–Crippen MR) is 123 cm³/mol. The molecule has 0 saturated heterocycles. The van der Waals surface area contributed by atoms with Gasteiger partial charge in [0.1, 0.15) is 24.2 Å². The number of aryl methyl sites for hydroxylation is 2. The Morgan fingerprint density at radius 1 is 1.16 bits per heavy atom. The molecule has 0 saturated carbocycles. The summed E-state index contributed by atoms with van der Waals surface area (Å²) in [4.78, 5) is 51.2. The van der Waals surface area contributed by atoms with Crippen LogP contribution in [0.2, 0.25) is 0 Å². The zero-order valence-corrected chi connectivity index (χ0v) is 20.5. The van der Waals surface area contributed by atoms with Crippen LogP contribution < -0.4 is 10.6 Å². The van der Waals surface area contributed by atoms with E-state index in [1.165, 1.54) is 19.1 Å². The second-order valence-corrected chi connectivity index (χ2v) is 8.75. The van der Waals surface area contributed by atoms with E-state index in [4.69, 9.17) is 4.74 Å². The van der Waals surface area contributed by atoms with Crippen molar-refractivity contribution in [1.82, 2.24) is 15.5 Å². The summed E-state index contributed by atoms with van der Waals surface area (Å²) >= 11 is 4.18. The van der Waals surface area contributed by atoms with Crippen molar-refractivity contribution in [3.05, 3.63) is 34.9 Å². The molecule has 0 heterocycles. The van der Waals surface area contributed by atoms with Gasteiger partial charge in [-0.15, -0.1) is 0 Å². The van der Waals surface area contributed by atoms with Gasteiger partial charge in [0, 0.05) is 12.8 Å². The van der Waals surface area contributed by atoms with Crippen LogP contribution in [-0.4, -0.2) is 66.9 Å². The lowest BCUT2D eigenvalue weighted by molar-refractivity contribution is -0.143. The fourth-order valence-corrected chi connectivity index (χ4v) is 3.16. The fourth-order valence-electron chi connectivity index (χ4n) is 2.92. The quantitative estimate of drug-likeness (QED) is 0.398. The molecule has 1 aromatic rings. The van der Waals surface area contributed by atoms with Gasteiger partial charge >= 0.3 is 12.1 Å². The van der Waals surface area contributed by atoms with Crippen molar-refractivity contribution < 1.29 is 28.7 Å². The number of benzene rings is 1. The Labute approximate surface area is 194 Å². The molecule has 9 nitrogen and oxygen atoms in total. The fraction of sp³-hybridized carbons (Fsp3) is 0.545. The van der Waals surface area contributed by atoms with Gasteiger partial charge in [-0.3, -0.25) is 14.4 Å². The molecule has 2 unspecified atom stereocenters. The molecule has 2 N–H and O–H groups in total. The van der Waals surface area contributed by atoms with Crippen LogP contribution in [0.1, 0.15) is 43.5 Å². The Hall–Kier alpha value is -2.75. The molecule has 10 heteroatoms. The first-order valence-corrected chi connectivity index (χ1v) is 10.7. The van der Waals surface area contributed by atoms with Gasteiger partial charge in [-0.2, -0.15) is 12.6 Å². The first-order chi connectivity index (χ1) is 14.8. The van der Waals surface area contributed by atoms with Crippen molar-refractivity contribution in [3.8, 4) is 0 Å². The minimum atomic E-state index is -1.05. The number of likely N-dealkylation sites (N-methyl/N-ethyl adjacent to an activating group) is 1. The monoisotopic (exact) mass is 467 g/mol. The normalized spacial score (nSPS) is 12.9. The zero-order valence-electron chi connectivity index (χ0n) is 19.6. The van der Waals surface area contributed by atoms with Gasteiger partial charge in [0.2, 0.25) is 11.8 Å². The summed E-state index contributed by atoms with van der Waals surface area (Å²) in [7, 11) is 2.67. The lowest BCUT2D eigenvalue weighted by Gasteiger charge is -2.32. The van der Waals surface area contributed by atoms with E-state index in [1.54, 1.807) is 26.8 Å². The molecule has 2 atom stereocenters. The second kappa shape index (κ2) is 11.8. The van der Waals surface area contributed by atoms with Crippen LogP contribution in [0.3, 0.4) is 0 Å². The van der Waals surface area contributed by atoms with E-state index in [-0.39, 0.29) is 12.3 Å². The van der Waals surface area contributed by atoms with Gasteiger partial charge in [-0.05, 0) is 45.7 Å². The van der Waals surface area contributed by atoms with Crippen LogP contribution in [0.25, 0.3) is 0 Å². The molecule has 0 aromatic heterocycles. The molecule has 3 amide bonds. The van der Waals surface area contributed by atoms with Gasteiger partial charge in [-0.1, -0.05) is 23.8 Å². The number of nitrogens with zero attached hydrogens (tertiary/aromatic N) is 1. The lowest BCUT2D eigenvalue weighted by Crippen LogP contribution is -2.52. The number of hydrogen-bond donors (Lipinski definition) is 3. The number of methoxy groups -OCH3 is 1. The van der Waals surface area contributed by atoms with Crippen molar-refractivity contribution in [2.75, 3.05) is 26.5 Å². The maximum atomic E-state index is 13.2. The van der Waals surface area contributed by atoms with E-state index < -0.39 is 41.6 Å². The number of thiol groups is 1. The van der Waals surface area contributed by atoms with E-state index in [0.717, 1.165) is 11.1 Å². The summed E-state index contributed by atoms with van der Waals surface area (Å²) in [5.74, 6) is -1.72. The van der Waals surface area contributed by atoms with E-state index in [1.807, 2.05) is 26.0 Å². The van der Waals surface area contributed by atoms with Gasteiger partial charge < -0.3 is 25.0 Å². The van der Waals surface area contributed by atoms with Crippen LogP contribution in [0.4, 0.5) is 4.79 Å². The average molecular weight is 468 g/mol. The van der Waals surface area contributed by atoms with Crippen molar-refractivity contribution in [3.63, 3.8) is 0 Å². The SMILES string of the molecule is COC(=O)CNC(=O)C(c1cc(C)ccc1C)N(C)C(=O)C(CS)NC(=O)OC(C)(C)C. The highest BCUT2D eigenvalue weighted by molar-refractivity contribution is 7.80. The van der Waals surface area contributed by atoms with E-state index in [0.29, 0.717) is 5.56 Å². The molecule has 178 valence electrons. The molecule has 0 radical (unpaired) electrons. The molecule has 1 aromatic carbocycles. The first kappa shape index (κ1) is 27.3. The highest BCUT2D eigenvalue weighted by Crippen LogP contribution is 2.25. The summed E-state index contributed by atoms with van der Waals surface area (Å²) < 4.78 is 9.79. The Balaban J connectivity index is 3.22. The number of carbonyl (C=O) groups excluding carboxylic acids is 4. The number of nitrogens with one attached hydrogen (secondary N) is 2. The van der Waals surface area contributed by atoms with Gasteiger partial charge in [0.15, 0.2) is 0 Å². The third-order valence-corrected chi connectivity index (χ3v) is 4.88. The Morgan fingerprint density at radius 2 is 1.78 bits per heavy atom. The van der Waals surface area contributed by atoms with Crippen LogP contribution in [0.15, 0.2) is 18.2 Å². The summed E-state index contributed by atoms with van der Waals surface area (Å²) in [5.41, 5.74) is 1.54. The van der Waals surface area contributed by atoms with Gasteiger partial charge in [0.25, 0.3) is 0 Å². The predicted octanol–water partition coefficient (Wildman–Crippen LogP) is 1.92. The number of alkyl carbamates (subject to hydrolysis) is 1. The highest BCUT2D eigenvalue weighted by atomic mass is 32.1. The topological polar surface area (TPSA) is 114 Å². The molecule has 0 spiro atoms. The Morgan fingerprint density at radius 3 is 2.31 bits per heavy atom. The van der Waals surface area contributed by atoms with Gasteiger partial charge in [0.05, 0.1) is 7.11 Å². The van der Waals surface area contributed by atoms with E-state index >= 15 is 0 Å². The third-order valence-electron chi connectivity index (χ3n) is 4.52. The molecule has 0 bridgehead atoms. The Kier molecular flexibility index (Phi) is 10.0. The van der Waals surface area contributed by atoms with Crippen molar-refractivity contribution in [2.45, 2.75) is 52.3 Å². The van der Waals surface area contributed by atoms with Crippen LogP contribution in [-0.2, 0) is 23.9 Å². The summed E-state index contributed by atoms with van der Waals surface area (Å²) in [5, 5.41) is 5.00. The zero-order chi connectivity index (χ0) is 24.6. The van der Waals surface area contributed by atoms with Crippen LogP contribution in [0, 0.1) is 13.8 Å². The highest BCUT2D eigenvalue weighted by Gasteiger charge is 2.34. The minimum absolute atomic E-state index is 0.00822. The van der Waals surface area contributed by atoms with Crippen molar-refractivity contribution in [2.24, 2.45) is 0 Å².